The van der Waals surface area contributed by atoms with Crippen LogP contribution in [0.2, 0.25) is 0 Å². The zero-order chi connectivity index (χ0) is 13.4. The quantitative estimate of drug-likeness (QED) is 0.755. The first-order valence-electron chi connectivity index (χ1n) is 6.62. The molecule has 1 unspecified atom stereocenters. The summed E-state index contributed by atoms with van der Waals surface area (Å²) in [5, 5.41) is 3.32. The highest BCUT2D eigenvalue weighted by Gasteiger charge is 2.08. The molecule has 1 rings (SSSR count). The van der Waals surface area contributed by atoms with Gasteiger partial charge in [-0.3, -0.25) is 4.79 Å². The van der Waals surface area contributed by atoms with Gasteiger partial charge in [0.2, 0.25) is 0 Å². The molecule has 0 aliphatic rings. The van der Waals surface area contributed by atoms with Crippen LogP contribution in [-0.2, 0) is 22.5 Å². The molecule has 0 saturated heterocycles. The van der Waals surface area contributed by atoms with Gasteiger partial charge in [0.25, 0.3) is 0 Å². The highest BCUT2D eigenvalue weighted by atomic mass is 16.5. The molecule has 0 heterocycles. The zero-order valence-corrected chi connectivity index (χ0v) is 11.5. The normalized spacial score (nSPS) is 12.2. The molecule has 1 aromatic rings. The molecule has 0 spiro atoms. The monoisotopic (exact) mass is 249 g/mol. The SMILES string of the molecule is CCOC(=O)CC(C)NCc1ccc(CC)cc1. The number of esters is 1. The van der Waals surface area contributed by atoms with E-state index in [-0.39, 0.29) is 12.0 Å². The highest BCUT2D eigenvalue weighted by Crippen LogP contribution is 2.05. The van der Waals surface area contributed by atoms with Gasteiger partial charge < -0.3 is 10.1 Å². The predicted octanol–water partition coefficient (Wildman–Crippen LogP) is 2.68. The van der Waals surface area contributed by atoms with Gasteiger partial charge in [-0.05, 0) is 31.4 Å². The largest absolute Gasteiger partial charge is 0.466 e. The van der Waals surface area contributed by atoms with Crippen molar-refractivity contribution in [2.45, 2.75) is 46.2 Å². The second-order valence-corrected chi connectivity index (χ2v) is 4.46. The van der Waals surface area contributed by atoms with Crippen molar-refractivity contribution in [2.75, 3.05) is 6.61 Å². The molecule has 0 amide bonds. The Kier molecular flexibility index (Phi) is 6.44. The molecule has 0 fully saturated rings. The maximum atomic E-state index is 11.3. The number of carbonyl (C=O) groups excluding carboxylic acids is 1. The molecule has 1 atom stereocenters. The number of ether oxygens (including phenoxy) is 1. The zero-order valence-electron chi connectivity index (χ0n) is 11.5. The van der Waals surface area contributed by atoms with E-state index in [9.17, 15) is 4.79 Å². The number of hydrogen-bond donors (Lipinski definition) is 1. The number of rotatable bonds is 7. The van der Waals surface area contributed by atoms with Crippen LogP contribution in [-0.4, -0.2) is 18.6 Å². The third-order valence-corrected chi connectivity index (χ3v) is 2.86. The van der Waals surface area contributed by atoms with Gasteiger partial charge in [0, 0.05) is 12.6 Å². The Hall–Kier alpha value is -1.35. The van der Waals surface area contributed by atoms with E-state index in [0.717, 1.165) is 13.0 Å². The summed E-state index contributed by atoms with van der Waals surface area (Å²) in [4.78, 5) is 11.3. The van der Waals surface area contributed by atoms with E-state index >= 15 is 0 Å². The maximum absolute atomic E-state index is 11.3. The van der Waals surface area contributed by atoms with Crippen molar-refractivity contribution >= 4 is 5.97 Å². The minimum Gasteiger partial charge on any atom is -0.466 e. The summed E-state index contributed by atoms with van der Waals surface area (Å²) < 4.78 is 4.92. The van der Waals surface area contributed by atoms with Gasteiger partial charge in [-0.2, -0.15) is 0 Å². The second-order valence-electron chi connectivity index (χ2n) is 4.46. The average molecular weight is 249 g/mol. The van der Waals surface area contributed by atoms with Crippen LogP contribution in [0.1, 0.15) is 38.3 Å². The van der Waals surface area contributed by atoms with E-state index < -0.39 is 0 Å². The topological polar surface area (TPSA) is 38.3 Å². The number of aryl methyl sites for hydroxylation is 1. The first kappa shape index (κ1) is 14.7. The lowest BCUT2D eigenvalue weighted by Gasteiger charge is -2.13. The van der Waals surface area contributed by atoms with Crippen molar-refractivity contribution < 1.29 is 9.53 Å². The second kappa shape index (κ2) is 7.88. The average Bonchev–Trinajstić information content (AvgIpc) is 2.37. The number of hydrogen-bond acceptors (Lipinski definition) is 3. The Morgan fingerprint density at radius 3 is 2.39 bits per heavy atom. The van der Waals surface area contributed by atoms with Crippen molar-refractivity contribution in [2.24, 2.45) is 0 Å². The van der Waals surface area contributed by atoms with Gasteiger partial charge in [0.1, 0.15) is 0 Å². The fourth-order valence-corrected chi connectivity index (χ4v) is 1.73. The van der Waals surface area contributed by atoms with Gasteiger partial charge in [-0.1, -0.05) is 31.2 Å². The summed E-state index contributed by atoms with van der Waals surface area (Å²) in [6, 6.07) is 8.68. The van der Waals surface area contributed by atoms with Crippen molar-refractivity contribution in [3.05, 3.63) is 35.4 Å². The first-order valence-corrected chi connectivity index (χ1v) is 6.62. The molecule has 18 heavy (non-hydrogen) atoms. The van der Waals surface area contributed by atoms with Gasteiger partial charge in [0.15, 0.2) is 0 Å². The summed E-state index contributed by atoms with van der Waals surface area (Å²) in [7, 11) is 0. The summed E-state index contributed by atoms with van der Waals surface area (Å²) in [6.07, 6.45) is 1.48. The molecule has 0 aliphatic heterocycles. The Bertz CT molecular complexity index is 359. The molecule has 3 heteroatoms. The molecule has 100 valence electrons. The van der Waals surface area contributed by atoms with Crippen molar-refractivity contribution in [3.63, 3.8) is 0 Å². The first-order chi connectivity index (χ1) is 8.65. The van der Waals surface area contributed by atoms with E-state index in [1.807, 2.05) is 13.8 Å². The number of nitrogens with one attached hydrogen (secondary N) is 1. The standard InChI is InChI=1S/C15H23NO2/c1-4-13-6-8-14(9-7-13)11-16-12(3)10-15(17)18-5-2/h6-9,12,16H,4-5,10-11H2,1-3H3. The van der Waals surface area contributed by atoms with Crippen molar-refractivity contribution in [1.29, 1.82) is 0 Å². The van der Waals surface area contributed by atoms with Crippen LogP contribution in [0.5, 0.6) is 0 Å². The fourth-order valence-electron chi connectivity index (χ4n) is 1.73. The number of benzene rings is 1. The van der Waals surface area contributed by atoms with E-state index in [0.29, 0.717) is 13.0 Å². The highest BCUT2D eigenvalue weighted by molar-refractivity contribution is 5.69. The van der Waals surface area contributed by atoms with Crippen LogP contribution in [0.3, 0.4) is 0 Å². The molecule has 1 aromatic carbocycles. The summed E-state index contributed by atoms with van der Waals surface area (Å²) in [5.41, 5.74) is 2.58. The van der Waals surface area contributed by atoms with Gasteiger partial charge in [-0.25, -0.2) is 0 Å². The van der Waals surface area contributed by atoms with E-state index in [4.69, 9.17) is 4.74 Å². The van der Waals surface area contributed by atoms with E-state index in [2.05, 4.69) is 36.5 Å². The molecular weight excluding hydrogens is 226 g/mol. The maximum Gasteiger partial charge on any atom is 0.307 e. The van der Waals surface area contributed by atoms with Gasteiger partial charge in [0.05, 0.1) is 13.0 Å². The lowest BCUT2D eigenvalue weighted by molar-refractivity contribution is -0.143. The molecule has 0 aromatic heterocycles. The molecule has 0 aliphatic carbocycles. The van der Waals surface area contributed by atoms with E-state index in [1.54, 1.807) is 0 Å². The Balaban J connectivity index is 2.32. The van der Waals surface area contributed by atoms with Gasteiger partial charge in [-0.15, -0.1) is 0 Å². The summed E-state index contributed by atoms with van der Waals surface area (Å²) >= 11 is 0. The summed E-state index contributed by atoms with van der Waals surface area (Å²) in [6.45, 7) is 7.20. The fraction of sp³-hybridized carbons (Fsp3) is 0.533. The van der Waals surface area contributed by atoms with Crippen LogP contribution in [0, 0.1) is 0 Å². The van der Waals surface area contributed by atoms with Crippen molar-refractivity contribution in [1.82, 2.24) is 5.32 Å². The van der Waals surface area contributed by atoms with Crippen LogP contribution in [0.15, 0.2) is 24.3 Å². The Morgan fingerprint density at radius 2 is 1.83 bits per heavy atom. The lowest BCUT2D eigenvalue weighted by atomic mass is 10.1. The summed E-state index contributed by atoms with van der Waals surface area (Å²) in [5.74, 6) is -0.140. The Labute approximate surface area is 110 Å². The van der Waals surface area contributed by atoms with Crippen LogP contribution in [0.4, 0.5) is 0 Å². The third-order valence-electron chi connectivity index (χ3n) is 2.86. The van der Waals surface area contributed by atoms with Crippen LogP contribution in [0.25, 0.3) is 0 Å². The third kappa shape index (κ3) is 5.32. The smallest absolute Gasteiger partial charge is 0.307 e. The minimum absolute atomic E-state index is 0.134. The van der Waals surface area contributed by atoms with E-state index in [1.165, 1.54) is 11.1 Å². The van der Waals surface area contributed by atoms with Crippen molar-refractivity contribution in [3.8, 4) is 0 Å². The lowest BCUT2D eigenvalue weighted by Crippen LogP contribution is -2.28. The molecule has 0 radical (unpaired) electrons. The van der Waals surface area contributed by atoms with Gasteiger partial charge >= 0.3 is 5.97 Å². The van der Waals surface area contributed by atoms with Crippen LogP contribution >= 0.6 is 0 Å². The Morgan fingerprint density at radius 1 is 1.22 bits per heavy atom. The molecule has 3 nitrogen and oxygen atoms in total. The molecule has 0 saturated carbocycles. The van der Waals surface area contributed by atoms with Crippen LogP contribution < -0.4 is 5.32 Å². The molecular formula is C15H23NO2. The molecule has 0 bridgehead atoms. The minimum atomic E-state index is -0.140. The predicted molar refractivity (Wildman–Crippen MR) is 73.4 cm³/mol. The molecule has 1 N–H and O–H groups in total. The number of carbonyl (C=O) groups is 1.